The minimum absolute atomic E-state index is 0.258. The number of nitrogens with two attached hydrogens (primary N) is 1. The van der Waals surface area contributed by atoms with Crippen molar-refractivity contribution in [3.05, 3.63) is 35.6 Å². The third-order valence-electron chi connectivity index (χ3n) is 2.28. The SMILES string of the molecule is CC(C)(CCc1cccc(F)c1)OC(N)=O. The summed E-state index contributed by atoms with van der Waals surface area (Å²) in [5, 5.41) is 0. The van der Waals surface area contributed by atoms with Gasteiger partial charge < -0.3 is 10.5 Å². The summed E-state index contributed by atoms with van der Waals surface area (Å²) in [5.41, 5.74) is 5.20. The van der Waals surface area contributed by atoms with Crippen molar-refractivity contribution >= 4 is 6.09 Å². The molecule has 0 fully saturated rings. The first-order valence-corrected chi connectivity index (χ1v) is 5.12. The molecule has 0 aliphatic rings. The van der Waals surface area contributed by atoms with Crippen LogP contribution in [0.5, 0.6) is 0 Å². The van der Waals surface area contributed by atoms with Gasteiger partial charge in [-0.1, -0.05) is 12.1 Å². The van der Waals surface area contributed by atoms with Crippen LogP contribution < -0.4 is 5.73 Å². The molecular formula is C12H16FNO2. The molecule has 1 aromatic carbocycles. The third kappa shape index (κ3) is 4.29. The highest BCUT2D eigenvalue weighted by molar-refractivity contribution is 5.65. The van der Waals surface area contributed by atoms with E-state index in [1.54, 1.807) is 19.9 Å². The van der Waals surface area contributed by atoms with Crippen molar-refractivity contribution in [3.8, 4) is 0 Å². The molecule has 0 saturated carbocycles. The Balaban J connectivity index is 2.54. The fraction of sp³-hybridized carbons (Fsp3) is 0.417. The van der Waals surface area contributed by atoms with Gasteiger partial charge in [-0.3, -0.25) is 0 Å². The fourth-order valence-corrected chi connectivity index (χ4v) is 1.46. The van der Waals surface area contributed by atoms with Gasteiger partial charge in [-0.2, -0.15) is 0 Å². The molecule has 0 aliphatic heterocycles. The molecule has 88 valence electrons. The van der Waals surface area contributed by atoms with Crippen molar-refractivity contribution in [1.29, 1.82) is 0 Å². The van der Waals surface area contributed by atoms with E-state index in [1.807, 2.05) is 6.07 Å². The van der Waals surface area contributed by atoms with E-state index < -0.39 is 11.7 Å². The van der Waals surface area contributed by atoms with Crippen LogP contribution in [-0.4, -0.2) is 11.7 Å². The summed E-state index contributed by atoms with van der Waals surface area (Å²) < 4.78 is 17.8. The lowest BCUT2D eigenvalue weighted by atomic mass is 9.98. The van der Waals surface area contributed by atoms with E-state index >= 15 is 0 Å². The van der Waals surface area contributed by atoms with E-state index in [0.717, 1.165) is 5.56 Å². The molecule has 1 rings (SSSR count). The van der Waals surface area contributed by atoms with Crippen LogP contribution in [0.1, 0.15) is 25.8 Å². The van der Waals surface area contributed by atoms with Crippen LogP contribution in [0.15, 0.2) is 24.3 Å². The second kappa shape index (κ2) is 4.96. The number of carbonyl (C=O) groups is 1. The number of halogens is 1. The summed E-state index contributed by atoms with van der Waals surface area (Å²) in [6.07, 6.45) is 0.446. The Kier molecular flexibility index (Phi) is 3.88. The molecule has 1 aromatic rings. The van der Waals surface area contributed by atoms with E-state index in [0.29, 0.717) is 12.8 Å². The minimum Gasteiger partial charge on any atom is -0.444 e. The number of hydrogen-bond donors (Lipinski definition) is 1. The van der Waals surface area contributed by atoms with Crippen molar-refractivity contribution in [3.63, 3.8) is 0 Å². The largest absolute Gasteiger partial charge is 0.444 e. The molecule has 0 atom stereocenters. The number of benzene rings is 1. The molecule has 1 amide bonds. The molecule has 4 heteroatoms. The first-order chi connectivity index (χ1) is 7.39. The zero-order valence-corrected chi connectivity index (χ0v) is 9.50. The van der Waals surface area contributed by atoms with E-state index in [1.165, 1.54) is 12.1 Å². The Morgan fingerprint density at radius 1 is 1.50 bits per heavy atom. The van der Waals surface area contributed by atoms with E-state index in [-0.39, 0.29) is 5.82 Å². The Morgan fingerprint density at radius 3 is 2.75 bits per heavy atom. The van der Waals surface area contributed by atoms with Crippen LogP contribution in [0, 0.1) is 5.82 Å². The quantitative estimate of drug-likeness (QED) is 0.856. The van der Waals surface area contributed by atoms with Gasteiger partial charge >= 0.3 is 6.09 Å². The van der Waals surface area contributed by atoms with Crippen LogP contribution in [0.4, 0.5) is 9.18 Å². The summed E-state index contributed by atoms with van der Waals surface area (Å²) in [6.45, 7) is 3.55. The predicted molar refractivity (Wildman–Crippen MR) is 59.5 cm³/mol. The van der Waals surface area contributed by atoms with Gasteiger partial charge in [-0.15, -0.1) is 0 Å². The van der Waals surface area contributed by atoms with Crippen molar-refractivity contribution in [2.75, 3.05) is 0 Å². The Bertz CT molecular complexity index is 377. The molecule has 0 saturated heterocycles. The summed E-state index contributed by atoms with van der Waals surface area (Å²) in [4.78, 5) is 10.6. The van der Waals surface area contributed by atoms with Crippen LogP contribution >= 0.6 is 0 Å². The number of aryl methyl sites for hydroxylation is 1. The molecule has 0 bridgehead atoms. The number of rotatable bonds is 4. The molecule has 16 heavy (non-hydrogen) atoms. The van der Waals surface area contributed by atoms with Crippen molar-refractivity contribution in [2.24, 2.45) is 5.73 Å². The van der Waals surface area contributed by atoms with Crippen LogP contribution in [0.25, 0.3) is 0 Å². The first-order valence-electron chi connectivity index (χ1n) is 5.12. The van der Waals surface area contributed by atoms with Gasteiger partial charge in [-0.25, -0.2) is 9.18 Å². The van der Waals surface area contributed by atoms with E-state index in [9.17, 15) is 9.18 Å². The molecule has 0 spiro atoms. The predicted octanol–water partition coefficient (Wildman–Crippen LogP) is 2.63. The van der Waals surface area contributed by atoms with Crippen molar-refractivity contribution < 1.29 is 13.9 Å². The van der Waals surface area contributed by atoms with Gasteiger partial charge in [0, 0.05) is 0 Å². The Labute approximate surface area is 94.4 Å². The molecule has 0 aliphatic carbocycles. The summed E-state index contributed by atoms with van der Waals surface area (Å²) >= 11 is 0. The van der Waals surface area contributed by atoms with Gasteiger partial charge in [-0.05, 0) is 44.4 Å². The molecule has 0 heterocycles. The maximum absolute atomic E-state index is 12.9. The molecule has 0 aromatic heterocycles. The van der Waals surface area contributed by atoms with Crippen LogP contribution in [0.2, 0.25) is 0 Å². The van der Waals surface area contributed by atoms with Gasteiger partial charge in [0.2, 0.25) is 0 Å². The maximum atomic E-state index is 12.9. The third-order valence-corrected chi connectivity index (χ3v) is 2.28. The smallest absolute Gasteiger partial charge is 0.405 e. The van der Waals surface area contributed by atoms with Crippen molar-refractivity contribution in [1.82, 2.24) is 0 Å². The second-order valence-electron chi connectivity index (χ2n) is 4.31. The van der Waals surface area contributed by atoms with Crippen molar-refractivity contribution in [2.45, 2.75) is 32.3 Å². The Morgan fingerprint density at radius 2 is 2.19 bits per heavy atom. The number of carbonyl (C=O) groups excluding carboxylic acids is 1. The average molecular weight is 225 g/mol. The Hall–Kier alpha value is -1.58. The van der Waals surface area contributed by atoms with E-state index in [4.69, 9.17) is 10.5 Å². The average Bonchev–Trinajstić information content (AvgIpc) is 2.13. The normalized spacial score (nSPS) is 11.2. The molecule has 3 nitrogen and oxygen atoms in total. The van der Waals surface area contributed by atoms with Gasteiger partial charge in [0.05, 0.1) is 0 Å². The monoisotopic (exact) mass is 225 g/mol. The highest BCUT2D eigenvalue weighted by Crippen LogP contribution is 2.18. The molecule has 0 unspecified atom stereocenters. The standard InChI is InChI=1S/C12H16FNO2/c1-12(2,16-11(14)15)7-6-9-4-3-5-10(13)8-9/h3-5,8H,6-7H2,1-2H3,(H2,14,15). The van der Waals surface area contributed by atoms with E-state index in [2.05, 4.69) is 0 Å². The highest BCUT2D eigenvalue weighted by atomic mass is 19.1. The zero-order chi connectivity index (χ0) is 12.2. The topological polar surface area (TPSA) is 52.3 Å². The van der Waals surface area contributed by atoms with Crippen LogP contribution in [0.3, 0.4) is 0 Å². The molecular weight excluding hydrogens is 209 g/mol. The van der Waals surface area contributed by atoms with Gasteiger partial charge in [0.15, 0.2) is 0 Å². The maximum Gasteiger partial charge on any atom is 0.405 e. The summed E-state index contributed by atoms with van der Waals surface area (Å²) in [6, 6.07) is 6.37. The second-order valence-corrected chi connectivity index (χ2v) is 4.31. The first kappa shape index (κ1) is 12.5. The fourth-order valence-electron chi connectivity index (χ4n) is 1.46. The molecule has 0 radical (unpaired) electrons. The summed E-state index contributed by atoms with van der Waals surface area (Å²) in [7, 11) is 0. The zero-order valence-electron chi connectivity index (χ0n) is 9.50. The minimum atomic E-state index is -0.788. The lowest BCUT2D eigenvalue weighted by Crippen LogP contribution is -2.31. The number of ether oxygens (including phenoxy) is 1. The van der Waals surface area contributed by atoms with Crippen LogP contribution in [-0.2, 0) is 11.2 Å². The number of hydrogen-bond acceptors (Lipinski definition) is 2. The highest BCUT2D eigenvalue weighted by Gasteiger charge is 2.21. The molecule has 2 N–H and O–H groups in total. The number of amides is 1. The summed E-state index contributed by atoms with van der Waals surface area (Å²) in [5.74, 6) is -0.258. The van der Waals surface area contributed by atoms with Gasteiger partial charge in [0.1, 0.15) is 11.4 Å². The van der Waals surface area contributed by atoms with Gasteiger partial charge in [0.25, 0.3) is 0 Å². The lowest BCUT2D eigenvalue weighted by Gasteiger charge is -2.23. The number of primary amides is 1. The lowest BCUT2D eigenvalue weighted by molar-refractivity contribution is 0.0394.